The van der Waals surface area contributed by atoms with Crippen LogP contribution in [0.2, 0.25) is 5.02 Å². The van der Waals surface area contributed by atoms with E-state index >= 15 is 0 Å². The number of nitrogen functional groups attached to an aromatic ring is 1. The molecule has 0 aliphatic rings. The molecule has 0 aliphatic carbocycles. The maximum absolute atomic E-state index is 12.2. The van der Waals surface area contributed by atoms with Crippen LogP contribution in [0.4, 0.5) is 11.4 Å². The maximum atomic E-state index is 12.2. The van der Waals surface area contributed by atoms with Gasteiger partial charge in [0.05, 0.1) is 18.4 Å². The third-order valence-electron chi connectivity index (χ3n) is 3.45. The van der Waals surface area contributed by atoms with Crippen molar-refractivity contribution in [3.8, 4) is 0 Å². The average molecular weight is 307 g/mol. The van der Waals surface area contributed by atoms with Crippen molar-refractivity contribution in [2.45, 2.75) is 20.4 Å². The lowest BCUT2D eigenvalue weighted by molar-refractivity contribution is 0.637. The molecule has 0 saturated carbocycles. The maximum Gasteiger partial charge on any atom is 0.269 e. The van der Waals surface area contributed by atoms with Gasteiger partial charge in [0.2, 0.25) is 0 Å². The summed E-state index contributed by atoms with van der Waals surface area (Å²) in [5.74, 6) is 0. The number of nitrogens with zero attached hydrogens (tertiary/aromatic N) is 3. The molecule has 0 fully saturated rings. The third kappa shape index (κ3) is 3.36. The number of hydrogen-bond acceptors (Lipinski definition) is 4. The van der Waals surface area contributed by atoms with Gasteiger partial charge in [-0.1, -0.05) is 17.7 Å². The number of anilines is 2. The highest BCUT2D eigenvalue weighted by molar-refractivity contribution is 6.31. The van der Waals surface area contributed by atoms with Crippen LogP contribution >= 0.6 is 11.6 Å². The van der Waals surface area contributed by atoms with Crippen molar-refractivity contribution in [2.24, 2.45) is 0 Å². The molecule has 21 heavy (non-hydrogen) atoms. The van der Waals surface area contributed by atoms with E-state index in [1.807, 2.05) is 13.8 Å². The lowest BCUT2D eigenvalue weighted by Crippen LogP contribution is -2.28. The Balaban J connectivity index is 2.32. The van der Waals surface area contributed by atoms with Gasteiger partial charge in [0, 0.05) is 35.4 Å². The average Bonchev–Trinajstić information content (AvgIpc) is 2.46. The van der Waals surface area contributed by atoms with Gasteiger partial charge in [-0.2, -0.15) is 5.10 Å². The van der Waals surface area contributed by atoms with Crippen molar-refractivity contribution in [3.05, 3.63) is 51.4 Å². The number of rotatable bonds is 5. The molecule has 0 saturated heterocycles. The summed E-state index contributed by atoms with van der Waals surface area (Å²) in [5.41, 5.74) is 7.84. The van der Waals surface area contributed by atoms with Crippen LogP contribution in [0, 0.1) is 0 Å². The fourth-order valence-corrected chi connectivity index (χ4v) is 2.44. The number of benzene rings is 1. The van der Waals surface area contributed by atoms with E-state index in [9.17, 15) is 4.79 Å². The van der Waals surface area contributed by atoms with E-state index in [0.29, 0.717) is 16.3 Å². The summed E-state index contributed by atoms with van der Waals surface area (Å²) in [7, 11) is 0. The molecule has 112 valence electrons. The second-order valence-corrected chi connectivity index (χ2v) is 5.10. The van der Waals surface area contributed by atoms with Crippen molar-refractivity contribution in [2.75, 3.05) is 23.7 Å². The van der Waals surface area contributed by atoms with Gasteiger partial charge in [-0.15, -0.1) is 0 Å². The fourth-order valence-electron chi connectivity index (χ4n) is 2.20. The van der Waals surface area contributed by atoms with Crippen LogP contribution < -0.4 is 16.2 Å². The van der Waals surface area contributed by atoms with E-state index in [0.717, 1.165) is 18.8 Å². The molecule has 2 rings (SSSR count). The van der Waals surface area contributed by atoms with Crippen LogP contribution in [0.25, 0.3) is 0 Å². The smallest absolute Gasteiger partial charge is 0.269 e. The zero-order chi connectivity index (χ0) is 15.4. The first-order valence-electron chi connectivity index (χ1n) is 6.91. The number of aromatic nitrogens is 2. The molecule has 0 aliphatic heterocycles. The third-order valence-corrected chi connectivity index (χ3v) is 3.80. The van der Waals surface area contributed by atoms with E-state index in [2.05, 4.69) is 10.00 Å². The number of hydrogen-bond donors (Lipinski definition) is 1. The standard InChI is InChI=1S/C15H19ClN4O/c1-3-19(4-2)11-8-15(21)20(18-9-11)10-12-13(16)6-5-7-14(12)17/h5-9H,3-4,10,17H2,1-2H3. The van der Waals surface area contributed by atoms with Crippen LogP contribution in [0.3, 0.4) is 0 Å². The Kier molecular flexibility index (Phi) is 4.85. The van der Waals surface area contributed by atoms with E-state index < -0.39 is 0 Å². The first-order valence-corrected chi connectivity index (χ1v) is 7.29. The molecule has 5 nitrogen and oxygen atoms in total. The molecular formula is C15H19ClN4O. The highest BCUT2D eigenvalue weighted by Crippen LogP contribution is 2.22. The Morgan fingerprint density at radius 2 is 2.05 bits per heavy atom. The summed E-state index contributed by atoms with van der Waals surface area (Å²) in [6.07, 6.45) is 1.70. The predicted molar refractivity (Wildman–Crippen MR) is 87.0 cm³/mol. The highest BCUT2D eigenvalue weighted by atomic mass is 35.5. The van der Waals surface area contributed by atoms with Crippen LogP contribution in [-0.2, 0) is 6.54 Å². The molecule has 0 bridgehead atoms. The van der Waals surface area contributed by atoms with Gasteiger partial charge in [0.25, 0.3) is 5.56 Å². The van der Waals surface area contributed by atoms with E-state index in [4.69, 9.17) is 17.3 Å². The summed E-state index contributed by atoms with van der Waals surface area (Å²) in [6, 6.07) is 6.88. The van der Waals surface area contributed by atoms with Crippen molar-refractivity contribution in [1.29, 1.82) is 0 Å². The summed E-state index contributed by atoms with van der Waals surface area (Å²) in [6.45, 7) is 6.01. The molecule has 0 atom stereocenters. The first kappa shape index (κ1) is 15.4. The van der Waals surface area contributed by atoms with Gasteiger partial charge in [0.15, 0.2) is 0 Å². The van der Waals surface area contributed by atoms with E-state index in [1.165, 1.54) is 4.68 Å². The van der Waals surface area contributed by atoms with Gasteiger partial charge in [0.1, 0.15) is 0 Å². The largest absolute Gasteiger partial charge is 0.398 e. The van der Waals surface area contributed by atoms with Crippen molar-refractivity contribution in [3.63, 3.8) is 0 Å². The van der Waals surface area contributed by atoms with Crippen LogP contribution in [-0.4, -0.2) is 22.9 Å². The zero-order valence-corrected chi connectivity index (χ0v) is 13.0. The molecule has 2 aromatic rings. The lowest BCUT2D eigenvalue weighted by atomic mass is 10.2. The lowest BCUT2D eigenvalue weighted by Gasteiger charge is -2.20. The monoisotopic (exact) mass is 306 g/mol. The van der Waals surface area contributed by atoms with E-state index in [1.54, 1.807) is 30.5 Å². The normalized spacial score (nSPS) is 10.6. The van der Waals surface area contributed by atoms with Gasteiger partial charge in [-0.05, 0) is 26.0 Å². The summed E-state index contributed by atoms with van der Waals surface area (Å²) in [5, 5.41) is 4.76. The minimum absolute atomic E-state index is 0.168. The Labute approximate surface area is 128 Å². The number of halogens is 1. The van der Waals surface area contributed by atoms with Crippen molar-refractivity contribution in [1.82, 2.24) is 9.78 Å². The summed E-state index contributed by atoms with van der Waals surface area (Å²) in [4.78, 5) is 14.3. The zero-order valence-electron chi connectivity index (χ0n) is 12.2. The molecule has 2 N–H and O–H groups in total. The van der Waals surface area contributed by atoms with Crippen LogP contribution in [0.15, 0.2) is 35.3 Å². The van der Waals surface area contributed by atoms with Gasteiger partial charge >= 0.3 is 0 Å². The Hall–Kier alpha value is -2.01. The van der Waals surface area contributed by atoms with Crippen LogP contribution in [0.5, 0.6) is 0 Å². The Morgan fingerprint density at radius 1 is 1.33 bits per heavy atom. The van der Waals surface area contributed by atoms with Crippen LogP contribution in [0.1, 0.15) is 19.4 Å². The quantitative estimate of drug-likeness (QED) is 0.861. The van der Waals surface area contributed by atoms with E-state index in [-0.39, 0.29) is 12.1 Å². The second-order valence-electron chi connectivity index (χ2n) is 4.69. The summed E-state index contributed by atoms with van der Waals surface area (Å²) < 4.78 is 1.37. The van der Waals surface area contributed by atoms with Crippen molar-refractivity contribution < 1.29 is 0 Å². The SMILES string of the molecule is CCN(CC)c1cnn(Cc2c(N)cccc2Cl)c(=O)c1. The molecule has 0 unspecified atom stereocenters. The van der Waals surface area contributed by atoms with Crippen molar-refractivity contribution >= 4 is 23.0 Å². The predicted octanol–water partition coefficient (Wildman–Crippen LogP) is 2.37. The van der Waals surface area contributed by atoms with Gasteiger partial charge < -0.3 is 10.6 Å². The molecule has 6 heteroatoms. The molecular weight excluding hydrogens is 288 g/mol. The minimum atomic E-state index is -0.168. The second kappa shape index (κ2) is 6.63. The Morgan fingerprint density at radius 3 is 2.62 bits per heavy atom. The molecule has 1 heterocycles. The topological polar surface area (TPSA) is 64.2 Å². The van der Waals surface area contributed by atoms with Gasteiger partial charge in [-0.3, -0.25) is 4.79 Å². The van der Waals surface area contributed by atoms with Gasteiger partial charge in [-0.25, -0.2) is 4.68 Å². The minimum Gasteiger partial charge on any atom is -0.398 e. The number of nitrogens with two attached hydrogens (primary N) is 1. The first-order chi connectivity index (χ1) is 10.1. The molecule has 1 aromatic heterocycles. The molecule has 1 aromatic carbocycles. The fraction of sp³-hybridized carbons (Fsp3) is 0.333. The Bertz CT molecular complexity index is 659. The molecule has 0 amide bonds. The molecule has 0 spiro atoms. The summed E-state index contributed by atoms with van der Waals surface area (Å²) >= 11 is 6.13. The molecule has 0 radical (unpaired) electrons. The highest BCUT2D eigenvalue weighted by Gasteiger charge is 2.09.